The molecule has 7 aromatic carbocycles. The van der Waals surface area contributed by atoms with Gasteiger partial charge in [0.25, 0.3) is 13.4 Å². The lowest BCUT2D eigenvalue weighted by molar-refractivity contribution is 0.380. The molecule has 0 amide bonds. The van der Waals surface area contributed by atoms with Crippen molar-refractivity contribution in [3.8, 4) is 17.1 Å². The van der Waals surface area contributed by atoms with Gasteiger partial charge in [-0.25, -0.2) is 137 Å². The summed E-state index contributed by atoms with van der Waals surface area (Å²) in [5.41, 5.74) is -15.1. The van der Waals surface area contributed by atoms with E-state index in [1.165, 1.54) is 0 Å². The van der Waals surface area contributed by atoms with Crippen LogP contribution in [-0.2, 0) is 0 Å². The minimum Gasteiger partial charge on any atom is -0.508 e. The van der Waals surface area contributed by atoms with Crippen molar-refractivity contribution in [3.05, 3.63) is 211 Å². The Balaban J connectivity index is 0.000000213. The second-order valence-electron chi connectivity index (χ2n) is 15.3. The van der Waals surface area contributed by atoms with E-state index in [0.29, 0.717) is 0 Å². The maximum atomic E-state index is 14.4. The molecule has 80 heavy (non-hydrogen) atoms. The smallest absolute Gasteiger partial charge is 0.265 e. The van der Waals surface area contributed by atoms with Crippen LogP contribution in [0.15, 0.2) is 36.7 Å². The van der Waals surface area contributed by atoms with Crippen LogP contribution in [0, 0.1) is 175 Å². The lowest BCUT2D eigenvalue weighted by Crippen LogP contribution is -2.60. The molecule has 0 radical (unpaired) electrons. The van der Waals surface area contributed by atoms with Crippen LogP contribution in [0.2, 0.25) is 0 Å². The zero-order valence-corrected chi connectivity index (χ0v) is 36.9. The van der Waals surface area contributed by atoms with Crippen molar-refractivity contribution in [2.24, 2.45) is 0 Å². The summed E-state index contributed by atoms with van der Waals surface area (Å²) in [6, 6.07) is 6.90. The Bertz CT molecular complexity index is 3110. The molecule has 8 aromatic rings. The Morgan fingerprint density at radius 1 is 0.250 bits per heavy atom. The lowest BCUT2D eigenvalue weighted by Gasteiger charge is -2.21. The zero-order valence-electron chi connectivity index (χ0n) is 36.9. The Morgan fingerprint density at radius 3 is 0.562 bits per heavy atom. The van der Waals surface area contributed by atoms with E-state index in [1.54, 1.807) is 24.5 Å². The van der Waals surface area contributed by atoms with Crippen molar-refractivity contribution in [1.29, 1.82) is 0 Å². The normalized spacial score (nSPS) is 11.2. The summed E-state index contributed by atoms with van der Waals surface area (Å²) in [5.74, 6) is -89.4. The third kappa shape index (κ3) is 10.0. The molecule has 0 saturated heterocycles. The molecule has 0 bridgehead atoms. The van der Waals surface area contributed by atoms with Crippen LogP contribution in [0.4, 0.5) is 132 Å². The molecule has 2 N–H and O–H groups in total. The van der Waals surface area contributed by atoms with Gasteiger partial charge >= 0.3 is 0 Å². The Labute approximate surface area is 421 Å². The number of hydrogen-bond acceptors (Lipinski definition) is 2. The predicted octanol–water partition coefficient (Wildman–Crippen LogP) is 10.4. The monoisotopic (exact) mass is 1180 g/mol. The second-order valence-corrected chi connectivity index (χ2v) is 15.3. The van der Waals surface area contributed by atoms with Gasteiger partial charge in [0.05, 0.1) is 0 Å². The largest absolute Gasteiger partial charge is 0.508 e. The number of aromatic amines is 1. The maximum absolute atomic E-state index is 14.4. The highest BCUT2D eigenvalue weighted by Gasteiger charge is 2.47. The molecule has 1 aromatic heterocycles. The third-order valence-electron chi connectivity index (χ3n) is 10.8. The predicted molar refractivity (Wildman–Crippen MR) is 212 cm³/mol. The summed E-state index contributed by atoms with van der Waals surface area (Å²) < 4.78 is 417. The van der Waals surface area contributed by atoms with Crippen LogP contribution >= 0.6 is 0 Å². The van der Waals surface area contributed by atoms with Crippen molar-refractivity contribution in [1.82, 2.24) is 9.97 Å². The number of nitrogens with zero attached hydrogens (tertiary/aromatic N) is 1. The maximum Gasteiger partial charge on any atom is 0.265 e. The molecule has 0 atom stereocenters. The van der Waals surface area contributed by atoms with E-state index in [9.17, 15) is 132 Å². The van der Waals surface area contributed by atoms with Gasteiger partial charge in [0.1, 0.15) is 11.6 Å². The van der Waals surface area contributed by atoms with Crippen LogP contribution in [0.3, 0.4) is 0 Å². The van der Waals surface area contributed by atoms with E-state index in [4.69, 9.17) is 5.11 Å². The van der Waals surface area contributed by atoms with Crippen molar-refractivity contribution < 1.29 is 137 Å². The molecule has 0 saturated carbocycles. The second kappa shape index (κ2) is 22.7. The topological polar surface area (TPSA) is 48.9 Å². The molecule has 0 aliphatic rings. The summed E-state index contributed by atoms with van der Waals surface area (Å²) >= 11 is 0. The van der Waals surface area contributed by atoms with Gasteiger partial charge in [-0.15, -0.1) is 0 Å². The van der Waals surface area contributed by atoms with Crippen molar-refractivity contribution in [3.63, 3.8) is 0 Å². The first kappa shape index (κ1) is 60.8. The van der Waals surface area contributed by atoms with E-state index in [1.807, 2.05) is 12.1 Å². The van der Waals surface area contributed by atoms with Crippen LogP contribution in [-0.4, -0.2) is 28.5 Å². The summed E-state index contributed by atoms with van der Waals surface area (Å²) in [6.45, 7) is -7.92. The number of H-pyrrole nitrogens is 1. The molecule has 3 nitrogen and oxygen atoms in total. The average Bonchev–Trinajstić information content (AvgIpc) is 3.99. The van der Waals surface area contributed by atoms with E-state index in [0.717, 1.165) is 11.4 Å². The molecule has 8 rings (SSSR count). The summed E-state index contributed by atoms with van der Waals surface area (Å²) in [7, 11) is 0. The van der Waals surface area contributed by atoms with Gasteiger partial charge in [0.15, 0.2) is 175 Å². The van der Waals surface area contributed by atoms with Gasteiger partial charge in [-0.1, -0.05) is 0 Å². The van der Waals surface area contributed by atoms with Gasteiger partial charge in [-0.3, -0.25) is 0 Å². The number of hydrogen-bond donors (Lipinski definition) is 2. The third-order valence-corrected chi connectivity index (χ3v) is 10.8. The number of imidazole rings is 1. The summed E-state index contributed by atoms with van der Waals surface area (Å²) in [6.07, 6.45) is 3.46. The summed E-state index contributed by atoms with van der Waals surface area (Å²) in [4.78, 5) is 7.06. The Kier molecular flexibility index (Phi) is 17.3. The number of aromatic nitrogens is 2. The molecule has 0 spiro atoms. The highest BCUT2D eigenvalue weighted by Crippen LogP contribution is 2.27. The quantitative estimate of drug-likeness (QED) is 0.0723. The SMILES string of the molecule is Fc1c(F)c(F)c(B(c2c(F)c(F)c(F)c(F)c2F)c2c(F)c(F)c(F)c(F)c2F)c(F)c1F.Fc1c(F)c(F)c(B(c2c(F)c(F)c(F)c(F)c2F)c2c(F)c(F)c(F)c(F)c2F)c(F)c1F.Oc1ccc(-c2ncc[nH]2)cc1. The molecular weight excluding hydrogens is 1180 g/mol. The average molecular weight is 1180 g/mol. The van der Waals surface area contributed by atoms with Crippen LogP contribution < -0.4 is 32.8 Å². The summed E-state index contributed by atoms with van der Waals surface area (Å²) in [5, 5.41) is 9.02. The molecule has 0 aliphatic heterocycles. The van der Waals surface area contributed by atoms with Crippen LogP contribution in [0.1, 0.15) is 0 Å². The molecule has 1 heterocycles. The van der Waals surface area contributed by atoms with Gasteiger partial charge < -0.3 is 10.1 Å². The number of phenolic OH excluding ortho intramolecular Hbond substituents is 1. The first-order chi connectivity index (χ1) is 37.2. The molecule has 0 aliphatic carbocycles. The first-order valence-electron chi connectivity index (χ1n) is 20.1. The zero-order chi connectivity index (χ0) is 60.3. The van der Waals surface area contributed by atoms with Crippen LogP contribution in [0.5, 0.6) is 5.75 Å². The highest BCUT2D eigenvalue weighted by molar-refractivity contribution is 6.96. The van der Waals surface area contributed by atoms with E-state index in [-0.39, 0.29) is 5.75 Å². The number of halogens is 30. The van der Waals surface area contributed by atoms with Gasteiger partial charge in [-0.05, 0) is 24.3 Å². The lowest BCUT2D eigenvalue weighted by atomic mass is 9.36. The number of phenols is 1. The van der Waals surface area contributed by atoms with E-state index in [2.05, 4.69) is 9.97 Å². The van der Waals surface area contributed by atoms with Gasteiger partial charge in [0.2, 0.25) is 0 Å². The fraction of sp³-hybridized carbons (Fsp3) is 0. The molecule has 420 valence electrons. The van der Waals surface area contributed by atoms with Gasteiger partial charge in [-0.2, -0.15) is 0 Å². The van der Waals surface area contributed by atoms with Crippen molar-refractivity contribution >= 4 is 46.2 Å². The number of nitrogens with one attached hydrogen (secondary N) is 1. The highest BCUT2D eigenvalue weighted by atomic mass is 19.2. The standard InChI is InChI=1S/2C18BF15.C9H8N2O/c2*20-4-1(5(21)11(27)16(32)10(4)26)19(2-6(22)12(28)17(33)13(29)7(2)23)3-8(24)14(30)18(34)15(31)9(3)25;12-8-3-1-7(2-4-8)9-10-5-6-11-9/h;;1-6,12H,(H,10,11). The Morgan fingerprint density at radius 2 is 0.412 bits per heavy atom. The first-order valence-corrected chi connectivity index (χ1v) is 20.1. The minimum atomic E-state index is -3.96. The Hall–Kier alpha value is -8.42. The molecule has 0 fully saturated rings. The fourth-order valence-corrected chi connectivity index (χ4v) is 7.16. The number of aromatic hydroxyl groups is 1. The van der Waals surface area contributed by atoms with Gasteiger partial charge in [0, 0.05) is 50.7 Å². The minimum absolute atomic E-state index is 0.269. The molecular formula is C45H8B2F30N2O. The van der Waals surface area contributed by atoms with Crippen molar-refractivity contribution in [2.75, 3.05) is 0 Å². The van der Waals surface area contributed by atoms with Crippen molar-refractivity contribution in [2.45, 2.75) is 0 Å². The molecule has 35 heteroatoms. The van der Waals surface area contributed by atoms with Crippen LogP contribution in [0.25, 0.3) is 11.4 Å². The number of benzene rings is 7. The van der Waals surface area contributed by atoms with E-state index >= 15 is 0 Å². The fourth-order valence-electron chi connectivity index (χ4n) is 7.16. The number of rotatable bonds is 7. The van der Waals surface area contributed by atoms with E-state index < -0.39 is 221 Å². The molecule has 0 unspecified atom stereocenters.